The first-order valence-electron chi connectivity index (χ1n) is 7.32. The molecule has 0 heterocycles. The van der Waals surface area contributed by atoms with Crippen molar-refractivity contribution in [2.24, 2.45) is 11.8 Å². The molecule has 0 aromatic carbocycles. The lowest BCUT2D eigenvalue weighted by Gasteiger charge is -2.33. The third-order valence-corrected chi connectivity index (χ3v) is 6.38. The van der Waals surface area contributed by atoms with Gasteiger partial charge in [-0.05, 0) is 43.9 Å². The summed E-state index contributed by atoms with van der Waals surface area (Å²) in [6, 6.07) is 0.236. The predicted octanol–water partition coefficient (Wildman–Crippen LogP) is 3.26. The smallest absolute Gasteiger partial charge is 0.212 e. The standard InChI is InChI=1S/C14H29NO2S/c1-5-6-13(3)11-18(16,17)15(4)14-9-7-12(2)8-10-14/h12-14H,5-11H2,1-4H3. The molecule has 0 radical (unpaired) electrons. The maximum Gasteiger partial charge on any atom is 0.214 e. The van der Waals surface area contributed by atoms with Crippen LogP contribution in [0.3, 0.4) is 0 Å². The van der Waals surface area contributed by atoms with Crippen LogP contribution in [0.2, 0.25) is 0 Å². The van der Waals surface area contributed by atoms with Gasteiger partial charge in [0.1, 0.15) is 0 Å². The molecule has 0 spiro atoms. The van der Waals surface area contributed by atoms with Gasteiger partial charge in [-0.15, -0.1) is 0 Å². The van der Waals surface area contributed by atoms with E-state index in [0.717, 1.165) is 44.4 Å². The molecule has 0 saturated heterocycles. The summed E-state index contributed by atoms with van der Waals surface area (Å²) in [6.45, 7) is 6.40. The summed E-state index contributed by atoms with van der Waals surface area (Å²) in [6.07, 6.45) is 6.43. The predicted molar refractivity (Wildman–Crippen MR) is 77.0 cm³/mol. The number of sulfonamides is 1. The highest BCUT2D eigenvalue weighted by atomic mass is 32.2. The fourth-order valence-electron chi connectivity index (χ4n) is 2.89. The van der Waals surface area contributed by atoms with Crippen LogP contribution in [0.4, 0.5) is 0 Å². The first kappa shape index (κ1) is 16.0. The van der Waals surface area contributed by atoms with Crippen LogP contribution < -0.4 is 0 Å². The molecule has 108 valence electrons. The minimum Gasteiger partial charge on any atom is -0.212 e. The Bertz CT molecular complexity index is 332. The van der Waals surface area contributed by atoms with E-state index in [1.165, 1.54) is 0 Å². The van der Waals surface area contributed by atoms with E-state index in [9.17, 15) is 8.42 Å². The molecule has 3 nitrogen and oxygen atoms in total. The summed E-state index contributed by atoms with van der Waals surface area (Å²) in [5.74, 6) is 1.34. The molecule has 0 bridgehead atoms. The van der Waals surface area contributed by atoms with Crippen molar-refractivity contribution in [3.8, 4) is 0 Å². The van der Waals surface area contributed by atoms with Gasteiger partial charge in [0.2, 0.25) is 10.0 Å². The third kappa shape index (κ3) is 4.54. The van der Waals surface area contributed by atoms with Gasteiger partial charge >= 0.3 is 0 Å². The SMILES string of the molecule is CCCC(C)CS(=O)(=O)N(C)C1CCC(C)CC1. The zero-order valence-corrected chi connectivity index (χ0v) is 13.2. The largest absolute Gasteiger partial charge is 0.214 e. The van der Waals surface area contributed by atoms with E-state index in [-0.39, 0.29) is 12.0 Å². The summed E-state index contributed by atoms with van der Waals surface area (Å²) < 4.78 is 26.3. The van der Waals surface area contributed by atoms with E-state index in [0.29, 0.717) is 5.75 Å². The Labute approximate surface area is 113 Å². The van der Waals surface area contributed by atoms with Crippen molar-refractivity contribution in [2.75, 3.05) is 12.8 Å². The van der Waals surface area contributed by atoms with Gasteiger partial charge in [0.25, 0.3) is 0 Å². The van der Waals surface area contributed by atoms with Crippen molar-refractivity contribution in [3.05, 3.63) is 0 Å². The summed E-state index contributed by atoms with van der Waals surface area (Å²) in [4.78, 5) is 0. The van der Waals surface area contributed by atoms with Crippen molar-refractivity contribution >= 4 is 10.0 Å². The van der Waals surface area contributed by atoms with Gasteiger partial charge in [-0.1, -0.05) is 27.2 Å². The Morgan fingerprint density at radius 1 is 1.22 bits per heavy atom. The maximum absolute atomic E-state index is 12.3. The van der Waals surface area contributed by atoms with E-state index >= 15 is 0 Å². The number of rotatable bonds is 6. The summed E-state index contributed by atoms with van der Waals surface area (Å²) in [5.41, 5.74) is 0. The number of hydrogen-bond donors (Lipinski definition) is 0. The second-order valence-electron chi connectivity index (χ2n) is 6.10. The highest BCUT2D eigenvalue weighted by molar-refractivity contribution is 7.89. The molecule has 0 amide bonds. The quantitative estimate of drug-likeness (QED) is 0.746. The van der Waals surface area contributed by atoms with Crippen LogP contribution in [0, 0.1) is 11.8 Å². The van der Waals surface area contributed by atoms with Crippen molar-refractivity contribution in [1.82, 2.24) is 4.31 Å². The van der Waals surface area contributed by atoms with Crippen LogP contribution in [0.15, 0.2) is 0 Å². The maximum atomic E-state index is 12.3. The molecular weight excluding hydrogens is 246 g/mol. The van der Waals surface area contributed by atoms with Crippen molar-refractivity contribution in [3.63, 3.8) is 0 Å². The van der Waals surface area contributed by atoms with Crippen molar-refractivity contribution in [1.29, 1.82) is 0 Å². The van der Waals surface area contributed by atoms with E-state index in [2.05, 4.69) is 13.8 Å². The Hall–Kier alpha value is -0.0900. The molecule has 1 unspecified atom stereocenters. The monoisotopic (exact) mass is 275 g/mol. The van der Waals surface area contributed by atoms with Crippen LogP contribution in [-0.4, -0.2) is 31.6 Å². The molecule has 4 heteroatoms. The molecule has 1 aliphatic rings. The topological polar surface area (TPSA) is 37.4 Å². The van der Waals surface area contributed by atoms with Crippen LogP contribution in [0.1, 0.15) is 59.3 Å². The Morgan fingerprint density at radius 3 is 2.28 bits per heavy atom. The molecule has 1 atom stereocenters. The fraction of sp³-hybridized carbons (Fsp3) is 1.00. The lowest BCUT2D eigenvalue weighted by atomic mass is 9.87. The van der Waals surface area contributed by atoms with Crippen LogP contribution in [0.5, 0.6) is 0 Å². The molecule has 0 N–H and O–H groups in total. The Balaban J connectivity index is 2.56. The molecule has 1 fully saturated rings. The summed E-state index contributed by atoms with van der Waals surface area (Å²) >= 11 is 0. The van der Waals surface area contributed by atoms with Crippen LogP contribution in [0.25, 0.3) is 0 Å². The van der Waals surface area contributed by atoms with Crippen molar-refractivity contribution < 1.29 is 8.42 Å². The van der Waals surface area contributed by atoms with E-state index in [1.54, 1.807) is 11.4 Å². The van der Waals surface area contributed by atoms with E-state index < -0.39 is 10.0 Å². The Kier molecular flexibility index (Phi) is 6.12. The van der Waals surface area contributed by atoms with Gasteiger partial charge in [0.05, 0.1) is 5.75 Å². The molecule has 0 aliphatic heterocycles. The fourth-order valence-corrected chi connectivity index (χ4v) is 4.67. The van der Waals surface area contributed by atoms with Gasteiger partial charge in [-0.25, -0.2) is 12.7 Å². The lowest BCUT2D eigenvalue weighted by Crippen LogP contribution is -2.41. The minimum absolute atomic E-state index is 0.236. The number of nitrogens with zero attached hydrogens (tertiary/aromatic N) is 1. The average molecular weight is 275 g/mol. The molecule has 1 saturated carbocycles. The van der Waals surface area contributed by atoms with Gasteiger partial charge in [0, 0.05) is 13.1 Å². The van der Waals surface area contributed by atoms with Gasteiger partial charge in [-0.3, -0.25) is 0 Å². The normalized spacial score (nSPS) is 27.4. The minimum atomic E-state index is -3.07. The second kappa shape index (κ2) is 6.90. The lowest BCUT2D eigenvalue weighted by molar-refractivity contribution is 0.245. The molecular formula is C14H29NO2S. The average Bonchev–Trinajstić information content (AvgIpc) is 2.28. The van der Waals surface area contributed by atoms with Crippen LogP contribution in [-0.2, 0) is 10.0 Å². The zero-order chi connectivity index (χ0) is 13.8. The first-order valence-corrected chi connectivity index (χ1v) is 8.93. The Morgan fingerprint density at radius 2 is 1.78 bits per heavy atom. The van der Waals surface area contributed by atoms with E-state index in [4.69, 9.17) is 0 Å². The third-order valence-electron chi connectivity index (χ3n) is 4.21. The molecule has 0 aromatic heterocycles. The molecule has 1 aliphatic carbocycles. The highest BCUT2D eigenvalue weighted by Crippen LogP contribution is 2.28. The summed E-state index contributed by atoms with van der Waals surface area (Å²) in [7, 11) is -1.29. The highest BCUT2D eigenvalue weighted by Gasteiger charge is 2.30. The van der Waals surface area contributed by atoms with E-state index in [1.807, 2.05) is 6.92 Å². The molecule has 0 aromatic rings. The zero-order valence-electron chi connectivity index (χ0n) is 12.4. The van der Waals surface area contributed by atoms with Crippen LogP contribution >= 0.6 is 0 Å². The molecule has 1 rings (SSSR count). The summed E-state index contributed by atoms with van der Waals surface area (Å²) in [5, 5.41) is 0. The van der Waals surface area contributed by atoms with Gasteiger partial charge in [-0.2, -0.15) is 0 Å². The van der Waals surface area contributed by atoms with Gasteiger partial charge < -0.3 is 0 Å². The first-order chi connectivity index (χ1) is 8.36. The molecule has 18 heavy (non-hydrogen) atoms. The van der Waals surface area contributed by atoms with Gasteiger partial charge in [0.15, 0.2) is 0 Å². The van der Waals surface area contributed by atoms with Crippen molar-refractivity contribution in [2.45, 2.75) is 65.3 Å². The second-order valence-corrected chi connectivity index (χ2v) is 8.18. The number of hydrogen-bond acceptors (Lipinski definition) is 2.